The largest absolute Gasteiger partial charge is 0.383 e. The van der Waals surface area contributed by atoms with Crippen molar-refractivity contribution in [1.82, 2.24) is 30.1 Å². The van der Waals surface area contributed by atoms with E-state index in [1.165, 1.54) is 11.3 Å². The van der Waals surface area contributed by atoms with Crippen LogP contribution < -0.4 is 5.32 Å². The normalized spacial score (nSPS) is 12.8. The van der Waals surface area contributed by atoms with Gasteiger partial charge in [-0.15, -0.1) is 0 Å². The van der Waals surface area contributed by atoms with Crippen molar-refractivity contribution in [3.8, 4) is 33.9 Å². The van der Waals surface area contributed by atoms with E-state index < -0.39 is 0 Å². The third-order valence-electron chi connectivity index (χ3n) is 5.56. The lowest BCUT2D eigenvalue weighted by atomic mass is 10.1. The zero-order valence-electron chi connectivity index (χ0n) is 16.4. The Morgan fingerprint density at radius 3 is 2.83 bits per heavy atom. The average molecular weight is 393 g/mol. The van der Waals surface area contributed by atoms with Gasteiger partial charge in [-0.25, -0.2) is 4.98 Å². The molecule has 146 valence electrons. The number of anilines is 1. The number of nitrogens with zero attached hydrogens (tertiary/aromatic N) is 4. The van der Waals surface area contributed by atoms with Crippen molar-refractivity contribution in [3.05, 3.63) is 66.2 Å². The molecule has 1 aliphatic rings. The van der Waals surface area contributed by atoms with E-state index in [1.54, 1.807) is 6.20 Å². The zero-order chi connectivity index (χ0) is 20.1. The van der Waals surface area contributed by atoms with Crippen LogP contribution in [-0.2, 0) is 6.42 Å². The lowest BCUT2D eigenvalue weighted by Gasteiger charge is -2.06. The molecular formula is C23H19N7. The molecule has 0 spiro atoms. The second-order valence-corrected chi connectivity index (χ2v) is 7.51. The Labute approximate surface area is 172 Å². The number of nitrogens with one attached hydrogen (secondary N) is 3. The van der Waals surface area contributed by atoms with E-state index in [-0.39, 0.29) is 0 Å². The summed E-state index contributed by atoms with van der Waals surface area (Å²) in [5, 5.41) is 10.7. The Kier molecular flexibility index (Phi) is 3.67. The first-order chi connectivity index (χ1) is 14.8. The van der Waals surface area contributed by atoms with Crippen LogP contribution in [0.1, 0.15) is 11.3 Å². The van der Waals surface area contributed by atoms with Gasteiger partial charge in [0.15, 0.2) is 0 Å². The van der Waals surface area contributed by atoms with E-state index in [9.17, 15) is 0 Å². The van der Waals surface area contributed by atoms with Crippen molar-refractivity contribution in [2.75, 3.05) is 11.9 Å². The van der Waals surface area contributed by atoms with Crippen LogP contribution in [0.2, 0.25) is 0 Å². The Bertz CT molecular complexity index is 1400. The van der Waals surface area contributed by atoms with E-state index in [0.29, 0.717) is 0 Å². The maximum Gasteiger partial charge on any atom is 0.0928 e. The predicted molar refractivity (Wildman–Crippen MR) is 117 cm³/mol. The third-order valence-corrected chi connectivity index (χ3v) is 5.56. The van der Waals surface area contributed by atoms with Crippen LogP contribution in [-0.4, -0.2) is 36.7 Å². The highest BCUT2D eigenvalue weighted by molar-refractivity contribution is 5.86. The molecule has 0 radical (unpaired) electrons. The van der Waals surface area contributed by atoms with Crippen molar-refractivity contribution < 1.29 is 0 Å². The monoisotopic (exact) mass is 393 g/mol. The number of pyridine rings is 3. The first-order valence-electron chi connectivity index (χ1n) is 9.95. The van der Waals surface area contributed by atoms with E-state index in [1.807, 2.05) is 49.6 Å². The van der Waals surface area contributed by atoms with Gasteiger partial charge >= 0.3 is 0 Å². The molecule has 0 saturated heterocycles. The number of aromatic nitrogens is 6. The number of aromatic amines is 2. The first kappa shape index (κ1) is 16.9. The van der Waals surface area contributed by atoms with E-state index in [4.69, 9.17) is 4.98 Å². The van der Waals surface area contributed by atoms with Crippen molar-refractivity contribution >= 4 is 16.7 Å². The number of rotatable bonds is 3. The molecule has 0 aliphatic carbocycles. The maximum atomic E-state index is 4.91. The minimum atomic E-state index is 0.840. The summed E-state index contributed by atoms with van der Waals surface area (Å²) in [7, 11) is 0. The lowest BCUT2D eigenvalue weighted by Crippen LogP contribution is -1.94. The predicted octanol–water partition coefficient (Wildman–Crippen LogP) is 4.35. The molecule has 1 aliphatic heterocycles. The number of fused-ring (bicyclic) bond motifs is 2. The molecule has 0 bridgehead atoms. The molecule has 0 saturated carbocycles. The molecule has 0 amide bonds. The topological polar surface area (TPSA) is 95.2 Å². The molecule has 0 aromatic carbocycles. The third kappa shape index (κ3) is 2.67. The van der Waals surface area contributed by atoms with Crippen LogP contribution >= 0.6 is 0 Å². The van der Waals surface area contributed by atoms with Crippen molar-refractivity contribution in [3.63, 3.8) is 0 Å². The summed E-state index contributed by atoms with van der Waals surface area (Å²) in [5.74, 6) is 0. The molecule has 6 heterocycles. The Hall–Kier alpha value is -4.00. The minimum absolute atomic E-state index is 0.840. The highest BCUT2D eigenvalue weighted by Crippen LogP contribution is 2.34. The van der Waals surface area contributed by atoms with Crippen LogP contribution in [0.4, 0.5) is 5.69 Å². The molecule has 30 heavy (non-hydrogen) atoms. The standard InChI is InChI=1S/C23H19N7/c1-13-3-2-4-19(28-13)23-16(11-27-30-23)17-5-6-18-20(29-17)9-14(10-25-18)22-15-7-8-24-21(15)12-26-22/h2-6,9-12,24,26H,7-8H2,1H3,(H,27,30). The molecule has 0 fully saturated rings. The summed E-state index contributed by atoms with van der Waals surface area (Å²) in [6.45, 7) is 2.96. The van der Waals surface area contributed by atoms with Crippen molar-refractivity contribution in [1.29, 1.82) is 0 Å². The number of hydrogen-bond donors (Lipinski definition) is 3. The van der Waals surface area contributed by atoms with Crippen molar-refractivity contribution in [2.45, 2.75) is 13.3 Å². The van der Waals surface area contributed by atoms with Crippen LogP contribution in [0.25, 0.3) is 44.9 Å². The summed E-state index contributed by atoms with van der Waals surface area (Å²) >= 11 is 0. The highest BCUT2D eigenvalue weighted by atomic mass is 15.1. The fraction of sp³-hybridized carbons (Fsp3) is 0.130. The van der Waals surface area contributed by atoms with Gasteiger partial charge in [-0.05, 0) is 43.7 Å². The maximum absolute atomic E-state index is 4.91. The molecule has 3 N–H and O–H groups in total. The van der Waals surface area contributed by atoms with Crippen LogP contribution in [0.15, 0.2) is 55.0 Å². The van der Waals surface area contributed by atoms with E-state index >= 15 is 0 Å². The van der Waals surface area contributed by atoms with E-state index in [2.05, 4.69) is 36.5 Å². The minimum Gasteiger partial charge on any atom is -0.383 e. The number of H-pyrrole nitrogens is 2. The van der Waals surface area contributed by atoms with Gasteiger partial charge in [-0.3, -0.25) is 15.1 Å². The summed E-state index contributed by atoms with van der Waals surface area (Å²) < 4.78 is 0. The molecule has 7 heteroatoms. The first-order valence-corrected chi connectivity index (χ1v) is 9.95. The lowest BCUT2D eigenvalue weighted by molar-refractivity contribution is 1.08. The van der Waals surface area contributed by atoms with E-state index in [0.717, 1.165) is 63.6 Å². The Morgan fingerprint density at radius 1 is 0.933 bits per heavy atom. The molecule has 5 aromatic heterocycles. The molecule has 7 nitrogen and oxygen atoms in total. The molecular weight excluding hydrogens is 374 g/mol. The van der Waals surface area contributed by atoms with Crippen LogP contribution in [0.3, 0.4) is 0 Å². The molecule has 0 atom stereocenters. The SMILES string of the molecule is Cc1cccc(-c2[nH]ncc2-c2ccc3ncc(-c4[nH]cc5c4CCN5)cc3n2)n1. The van der Waals surface area contributed by atoms with Crippen LogP contribution in [0.5, 0.6) is 0 Å². The van der Waals surface area contributed by atoms with Gasteiger partial charge in [0.05, 0.1) is 45.7 Å². The smallest absolute Gasteiger partial charge is 0.0928 e. The van der Waals surface area contributed by atoms with Gasteiger partial charge in [0.25, 0.3) is 0 Å². The highest BCUT2D eigenvalue weighted by Gasteiger charge is 2.18. The van der Waals surface area contributed by atoms with Crippen LogP contribution in [0, 0.1) is 6.92 Å². The van der Waals surface area contributed by atoms with Crippen molar-refractivity contribution in [2.24, 2.45) is 0 Å². The second kappa shape index (κ2) is 6.52. The molecule has 5 aromatic rings. The number of aryl methyl sites for hydroxylation is 1. The summed E-state index contributed by atoms with van der Waals surface area (Å²) in [6, 6.07) is 12.0. The van der Waals surface area contributed by atoms with Gasteiger partial charge < -0.3 is 10.3 Å². The summed E-state index contributed by atoms with van der Waals surface area (Å²) in [6.07, 6.45) is 6.75. The zero-order valence-corrected chi connectivity index (χ0v) is 16.4. The molecule has 0 unspecified atom stereocenters. The number of hydrogen-bond acceptors (Lipinski definition) is 5. The van der Waals surface area contributed by atoms with Gasteiger partial charge in [0.1, 0.15) is 0 Å². The van der Waals surface area contributed by atoms with Gasteiger partial charge in [0, 0.05) is 41.3 Å². The summed E-state index contributed by atoms with van der Waals surface area (Å²) in [4.78, 5) is 17.6. The Balaban J connectivity index is 1.46. The van der Waals surface area contributed by atoms with Gasteiger partial charge in [0.2, 0.25) is 0 Å². The summed E-state index contributed by atoms with van der Waals surface area (Å²) in [5.41, 5.74) is 10.8. The van der Waals surface area contributed by atoms with Gasteiger partial charge in [-0.1, -0.05) is 6.07 Å². The fourth-order valence-corrected chi connectivity index (χ4v) is 4.10. The second-order valence-electron chi connectivity index (χ2n) is 7.51. The Morgan fingerprint density at radius 2 is 1.90 bits per heavy atom. The quantitative estimate of drug-likeness (QED) is 0.423. The molecule has 6 rings (SSSR count). The fourth-order valence-electron chi connectivity index (χ4n) is 4.10. The van der Waals surface area contributed by atoms with Gasteiger partial charge in [-0.2, -0.15) is 5.10 Å². The average Bonchev–Trinajstić information content (AvgIpc) is 3.50.